The summed E-state index contributed by atoms with van der Waals surface area (Å²) < 4.78 is 0. The number of anilines is 1. The third-order valence-electron chi connectivity index (χ3n) is 4.69. The maximum Gasteiger partial charge on any atom is 0.335 e. The lowest BCUT2D eigenvalue weighted by Crippen LogP contribution is -2.20. The second-order valence-corrected chi connectivity index (χ2v) is 7.32. The Morgan fingerprint density at radius 2 is 1.96 bits per heavy atom. The molecule has 1 aliphatic rings. The first kappa shape index (κ1) is 17.8. The fourth-order valence-electron chi connectivity index (χ4n) is 3.29. The molecule has 1 aliphatic heterocycles. The molecular formula is C21H16Cl2N2O2. The van der Waals surface area contributed by atoms with Crippen molar-refractivity contribution in [2.75, 3.05) is 11.4 Å². The zero-order valence-corrected chi connectivity index (χ0v) is 15.8. The Morgan fingerprint density at radius 3 is 2.74 bits per heavy atom. The van der Waals surface area contributed by atoms with Crippen molar-refractivity contribution in [1.82, 2.24) is 4.98 Å². The molecule has 0 bridgehead atoms. The Hall–Kier alpha value is -2.56. The molecule has 0 saturated carbocycles. The highest BCUT2D eigenvalue weighted by molar-refractivity contribution is 6.35. The van der Waals surface area contributed by atoms with E-state index in [4.69, 9.17) is 28.2 Å². The predicted molar refractivity (Wildman–Crippen MR) is 108 cm³/mol. The van der Waals surface area contributed by atoms with Gasteiger partial charge in [0.25, 0.3) is 0 Å². The van der Waals surface area contributed by atoms with E-state index in [1.807, 2.05) is 24.3 Å². The number of carboxylic acids is 1. The van der Waals surface area contributed by atoms with Crippen molar-refractivity contribution in [1.29, 1.82) is 0 Å². The highest BCUT2D eigenvalue weighted by Gasteiger charge is 2.22. The Labute approximate surface area is 167 Å². The minimum Gasteiger partial charge on any atom is -0.478 e. The lowest BCUT2D eigenvalue weighted by atomic mass is 10.1. The van der Waals surface area contributed by atoms with E-state index < -0.39 is 5.97 Å². The minimum atomic E-state index is -0.947. The van der Waals surface area contributed by atoms with Crippen molar-refractivity contribution in [2.45, 2.75) is 13.0 Å². The summed E-state index contributed by atoms with van der Waals surface area (Å²) in [7, 11) is 0. The SMILES string of the molecule is O=C(O)c1cccc(-c2ccc3c(n2)N(Cc2ccc(Cl)cc2Cl)CC3)c1. The lowest BCUT2D eigenvalue weighted by Gasteiger charge is -2.20. The van der Waals surface area contributed by atoms with Gasteiger partial charge in [-0.15, -0.1) is 0 Å². The average Bonchev–Trinajstić information content (AvgIpc) is 3.06. The van der Waals surface area contributed by atoms with Crippen molar-refractivity contribution < 1.29 is 9.90 Å². The van der Waals surface area contributed by atoms with Crippen LogP contribution in [0.25, 0.3) is 11.3 Å². The first-order valence-corrected chi connectivity index (χ1v) is 9.29. The lowest BCUT2D eigenvalue weighted by molar-refractivity contribution is 0.0697. The van der Waals surface area contributed by atoms with Gasteiger partial charge in [0.2, 0.25) is 0 Å². The second-order valence-electron chi connectivity index (χ2n) is 6.47. The molecule has 0 atom stereocenters. The van der Waals surface area contributed by atoms with Gasteiger partial charge < -0.3 is 10.0 Å². The van der Waals surface area contributed by atoms with Gasteiger partial charge in [-0.2, -0.15) is 0 Å². The standard InChI is InChI=1S/C21H16Cl2N2O2/c22-17-6-4-16(18(23)11-17)12-25-9-8-13-5-7-19(24-20(13)25)14-2-1-3-15(10-14)21(26)27/h1-7,10-11H,8-9,12H2,(H,26,27). The number of aromatic nitrogens is 1. The van der Waals surface area contributed by atoms with E-state index in [1.54, 1.807) is 24.3 Å². The molecule has 1 N–H and O–H groups in total. The third-order valence-corrected chi connectivity index (χ3v) is 5.28. The molecule has 0 radical (unpaired) electrons. The molecule has 1 aromatic heterocycles. The van der Waals surface area contributed by atoms with Crippen LogP contribution in [-0.4, -0.2) is 22.6 Å². The summed E-state index contributed by atoms with van der Waals surface area (Å²) in [6, 6.07) is 16.4. The van der Waals surface area contributed by atoms with Crippen molar-refractivity contribution in [2.24, 2.45) is 0 Å². The molecule has 136 valence electrons. The van der Waals surface area contributed by atoms with E-state index in [2.05, 4.69) is 11.0 Å². The van der Waals surface area contributed by atoms with Gasteiger partial charge in [0.15, 0.2) is 0 Å². The van der Waals surface area contributed by atoms with Crippen LogP contribution in [0.3, 0.4) is 0 Å². The molecule has 0 unspecified atom stereocenters. The number of hydrogen-bond donors (Lipinski definition) is 1. The third kappa shape index (κ3) is 3.64. The van der Waals surface area contributed by atoms with Gasteiger partial charge in [0.1, 0.15) is 5.82 Å². The zero-order valence-electron chi connectivity index (χ0n) is 14.3. The second kappa shape index (κ2) is 7.22. The maximum absolute atomic E-state index is 11.2. The molecule has 3 aromatic rings. The number of aromatic carboxylic acids is 1. The topological polar surface area (TPSA) is 53.4 Å². The number of halogens is 2. The van der Waals surface area contributed by atoms with E-state index in [0.29, 0.717) is 16.6 Å². The molecule has 0 fully saturated rings. The molecule has 2 heterocycles. The van der Waals surface area contributed by atoms with Crippen LogP contribution in [0.1, 0.15) is 21.5 Å². The highest BCUT2D eigenvalue weighted by Crippen LogP contribution is 2.32. The van der Waals surface area contributed by atoms with Crippen molar-refractivity contribution in [3.05, 3.63) is 81.3 Å². The maximum atomic E-state index is 11.2. The van der Waals surface area contributed by atoms with Gasteiger partial charge in [-0.05, 0) is 47.9 Å². The van der Waals surface area contributed by atoms with Crippen LogP contribution in [0.5, 0.6) is 0 Å². The number of rotatable bonds is 4. The van der Waals surface area contributed by atoms with Gasteiger partial charge in [-0.1, -0.05) is 47.5 Å². The number of nitrogens with zero attached hydrogens (tertiary/aromatic N) is 2. The Morgan fingerprint density at radius 1 is 1.11 bits per heavy atom. The summed E-state index contributed by atoms with van der Waals surface area (Å²) >= 11 is 12.3. The van der Waals surface area contributed by atoms with E-state index in [9.17, 15) is 9.90 Å². The first-order valence-electron chi connectivity index (χ1n) is 8.54. The van der Waals surface area contributed by atoms with Crippen molar-refractivity contribution in [3.8, 4) is 11.3 Å². The summed E-state index contributed by atoms with van der Waals surface area (Å²) in [6.07, 6.45) is 0.920. The Bertz CT molecular complexity index is 1040. The summed E-state index contributed by atoms with van der Waals surface area (Å²) in [6.45, 7) is 1.51. The zero-order chi connectivity index (χ0) is 19.0. The van der Waals surface area contributed by atoms with Crippen LogP contribution in [0.15, 0.2) is 54.6 Å². The van der Waals surface area contributed by atoms with Gasteiger partial charge in [-0.3, -0.25) is 0 Å². The van der Waals surface area contributed by atoms with Gasteiger partial charge in [0.05, 0.1) is 11.3 Å². The number of hydrogen-bond acceptors (Lipinski definition) is 3. The molecule has 0 saturated heterocycles. The minimum absolute atomic E-state index is 0.250. The molecule has 0 spiro atoms. The van der Waals surface area contributed by atoms with Crippen LogP contribution in [0.4, 0.5) is 5.82 Å². The summed E-state index contributed by atoms with van der Waals surface area (Å²) in [4.78, 5) is 18.2. The molecule has 2 aromatic carbocycles. The number of benzene rings is 2. The molecule has 4 nitrogen and oxygen atoms in total. The number of carbonyl (C=O) groups is 1. The quantitative estimate of drug-likeness (QED) is 0.646. The molecule has 0 aliphatic carbocycles. The fourth-order valence-corrected chi connectivity index (χ4v) is 3.76. The summed E-state index contributed by atoms with van der Waals surface area (Å²) in [5.74, 6) is -0.0312. The molecular weight excluding hydrogens is 383 g/mol. The van der Waals surface area contributed by atoms with Crippen LogP contribution >= 0.6 is 23.2 Å². The summed E-state index contributed by atoms with van der Waals surface area (Å²) in [5, 5.41) is 10.5. The molecule has 4 rings (SSSR count). The van der Waals surface area contributed by atoms with Gasteiger partial charge in [-0.25, -0.2) is 9.78 Å². The van der Waals surface area contributed by atoms with Gasteiger partial charge >= 0.3 is 5.97 Å². The fraction of sp³-hybridized carbons (Fsp3) is 0.143. The number of fused-ring (bicyclic) bond motifs is 1. The number of pyridine rings is 1. The average molecular weight is 399 g/mol. The van der Waals surface area contributed by atoms with E-state index in [0.717, 1.165) is 35.6 Å². The van der Waals surface area contributed by atoms with E-state index in [1.165, 1.54) is 5.56 Å². The normalized spacial score (nSPS) is 12.9. The molecule has 0 amide bonds. The van der Waals surface area contributed by atoms with Crippen LogP contribution in [0.2, 0.25) is 10.0 Å². The van der Waals surface area contributed by atoms with Crippen molar-refractivity contribution in [3.63, 3.8) is 0 Å². The van der Waals surface area contributed by atoms with E-state index >= 15 is 0 Å². The van der Waals surface area contributed by atoms with Gasteiger partial charge in [0, 0.05) is 28.7 Å². The van der Waals surface area contributed by atoms with Crippen LogP contribution in [-0.2, 0) is 13.0 Å². The van der Waals surface area contributed by atoms with E-state index in [-0.39, 0.29) is 5.56 Å². The van der Waals surface area contributed by atoms with Crippen LogP contribution < -0.4 is 4.90 Å². The highest BCUT2D eigenvalue weighted by atomic mass is 35.5. The first-order chi connectivity index (χ1) is 13.0. The monoisotopic (exact) mass is 398 g/mol. The number of carboxylic acid groups (broad SMARTS) is 1. The summed E-state index contributed by atoms with van der Waals surface area (Å²) in [5.41, 5.74) is 3.96. The molecule has 27 heavy (non-hydrogen) atoms. The largest absolute Gasteiger partial charge is 0.478 e. The Balaban J connectivity index is 1.66. The smallest absolute Gasteiger partial charge is 0.335 e. The van der Waals surface area contributed by atoms with Crippen LogP contribution in [0, 0.1) is 0 Å². The molecule has 6 heteroatoms. The predicted octanol–water partition coefficient (Wildman–Crippen LogP) is 5.32. The Kier molecular flexibility index (Phi) is 4.77. The van der Waals surface area contributed by atoms with Crippen molar-refractivity contribution >= 4 is 35.0 Å².